The molecule has 3 aromatic heterocycles. The second-order valence-corrected chi connectivity index (χ2v) is 10.7. The highest BCUT2D eigenvalue weighted by Crippen LogP contribution is 2.37. The molecule has 12 nitrogen and oxygen atoms in total. The van der Waals surface area contributed by atoms with Gasteiger partial charge in [0, 0.05) is 24.1 Å². The van der Waals surface area contributed by atoms with Crippen molar-refractivity contribution in [2.45, 2.75) is 39.7 Å². The topological polar surface area (TPSA) is 148 Å². The first-order valence-corrected chi connectivity index (χ1v) is 14.5. The molecular formula is C30H29FN6O6S. The Balaban J connectivity index is 1.22. The van der Waals surface area contributed by atoms with E-state index < -0.39 is 18.0 Å². The van der Waals surface area contributed by atoms with Crippen LogP contribution in [0.5, 0.6) is 11.6 Å². The second kappa shape index (κ2) is 13.5. The van der Waals surface area contributed by atoms with Crippen LogP contribution in [-0.4, -0.2) is 63.4 Å². The smallest absolute Gasteiger partial charge is 0.411 e. The highest BCUT2D eigenvalue weighted by molar-refractivity contribution is 7.21. The Morgan fingerprint density at radius 3 is 2.59 bits per heavy atom. The van der Waals surface area contributed by atoms with Crippen molar-refractivity contribution in [3.05, 3.63) is 60.1 Å². The summed E-state index contributed by atoms with van der Waals surface area (Å²) in [6.45, 7) is 5.83. The van der Waals surface area contributed by atoms with Gasteiger partial charge in [-0.1, -0.05) is 0 Å². The molecule has 0 saturated heterocycles. The number of ether oxygens (including phenoxy) is 4. The minimum atomic E-state index is -0.753. The number of benzene rings is 2. The fourth-order valence-corrected chi connectivity index (χ4v) is 5.22. The molecule has 0 radical (unpaired) electrons. The van der Waals surface area contributed by atoms with Gasteiger partial charge in [0.25, 0.3) is 0 Å². The summed E-state index contributed by atoms with van der Waals surface area (Å²) < 4.78 is 36.8. The molecule has 0 aliphatic carbocycles. The maximum atomic E-state index is 15.0. The number of halogens is 1. The van der Waals surface area contributed by atoms with Gasteiger partial charge in [-0.05, 0) is 38.5 Å². The second-order valence-electron chi connectivity index (χ2n) is 9.71. The Kier molecular flexibility index (Phi) is 9.38. The number of hydrogen-bond acceptors (Lipinski definition) is 12. The van der Waals surface area contributed by atoms with Gasteiger partial charge in [0.2, 0.25) is 5.88 Å². The average molecular weight is 621 g/mol. The molecule has 3 heterocycles. The van der Waals surface area contributed by atoms with Crippen LogP contribution in [0.4, 0.5) is 14.9 Å². The van der Waals surface area contributed by atoms with E-state index in [0.717, 1.165) is 11.1 Å². The number of hydrogen-bond donors (Lipinski definition) is 1. The van der Waals surface area contributed by atoms with Gasteiger partial charge in [-0.15, -0.1) is 11.3 Å². The number of aryl methyl sites for hydroxylation is 2. The number of fused-ring (bicyclic) bond motifs is 2. The molecule has 0 bridgehead atoms. The van der Waals surface area contributed by atoms with E-state index in [1.807, 2.05) is 26.0 Å². The van der Waals surface area contributed by atoms with Gasteiger partial charge < -0.3 is 18.9 Å². The van der Waals surface area contributed by atoms with Crippen molar-refractivity contribution in [3.8, 4) is 22.2 Å². The number of carbonyl (C=O) groups is 2. The van der Waals surface area contributed by atoms with Gasteiger partial charge in [0.15, 0.2) is 11.6 Å². The van der Waals surface area contributed by atoms with Crippen molar-refractivity contribution in [2.24, 2.45) is 0 Å². The Morgan fingerprint density at radius 1 is 1.05 bits per heavy atom. The number of esters is 1. The number of methoxy groups -OCH3 is 1. The maximum absolute atomic E-state index is 15.0. The van der Waals surface area contributed by atoms with Crippen LogP contribution in [0.2, 0.25) is 0 Å². The zero-order valence-corrected chi connectivity index (χ0v) is 25.2. The van der Waals surface area contributed by atoms with E-state index >= 15 is 4.39 Å². The van der Waals surface area contributed by atoms with E-state index in [1.54, 1.807) is 19.2 Å². The third-order valence-corrected chi connectivity index (χ3v) is 7.29. The molecule has 228 valence electrons. The van der Waals surface area contributed by atoms with Gasteiger partial charge in [-0.2, -0.15) is 0 Å². The van der Waals surface area contributed by atoms with Gasteiger partial charge in [0.05, 0.1) is 65.7 Å². The number of rotatable bonds is 11. The summed E-state index contributed by atoms with van der Waals surface area (Å²) in [5, 5.41) is 3.18. The average Bonchev–Trinajstić information content (AvgIpc) is 3.41. The summed E-state index contributed by atoms with van der Waals surface area (Å²) in [6.07, 6.45) is 3.43. The summed E-state index contributed by atoms with van der Waals surface area (Å²) in [6, 6.07) is 6.80. The molecule has 0 saturated carbocycles. The number of nitrogens with one attached hydrogen (secondary N) is 1. The zero-order valence-electron chi connectivity index (χ0n) is 24.4. The minimum absolute atomic E-state index is 0.00963. The summed E-state index contributed by atoms with van der Waals surface area (Å²) in [7, 11) is 1.31. The Hall–Kier alpha value is -4.98. The SMILES string of the molecule is CCOc1cnc2c(-c3nc4cc(F)c(OC(C)COC(=O)Nc5cnc(CCC(=O)OC)nc5)cc4s3)cc(C)cc2n1. The van der Waals surface area contributed by atoms with Crippen LogP contribution in [0.15, 0.2) is 42.9 Å². The first-order chi connectivity index (χ1) is 21.2. The molecule has 2 aromatic carbocycles. The van der Waals surface area contributed by atoms with Crippen LogP contribution < -0.4 is 14.8 Å². The Morgan fingerprint density at radius 2 is 1.84 bits per heavy atom. The van der Waals surface area contributed by atoms with Gasteiger partial charge in [0.1, 0.15) is 23.5 Å². The van der Waals surface area contributed by atoms with E-state index in [1.165, 1.54) is 36.9 Å². The molecule has 1 unspecified atom stereocenters. The van der Waals surface area contributed by atoms with Crippen molar-refractivity contribution in [1.29, 1.82) is 0 Å². The molecule has 44 heavy (non-hydrogen) atoms. The quantitative estimate of drug-likeness (QED) is 0.182. The monoisotopic (exact) mass is 620 g/mol. The molecule has 0 fully saturated rings. The molecule has 1 amide bonds. The van der Waals surface area contributed by atoms with Crippen LogP contribution in [0.25, 0.3) is 31.8 Å². The molecule has 1 N–H and O–H groups in total. The van der Waals surface area contributed by atoms with Crippen molar-refractivity contribution in [3.63, 3.8) is 0 Å². The maximum Gasteiger partial charge on any atom is 0.411 e. The molecule has 5 aromatic rings. The lowest BCUT2D eigenvalue weighted by atomic mass is 10.1. The number of anilines is 1. The predicted octanol–water partition coefficient (Wildman–Crippen LogP) is 5.66. The summed E-state index contributed by atoms with van der Waals surface area (Å²) in [5.74, 6) is -0.0752. The van der Waals surface area contributed by atoms with Crippen molar-refractivity contribution in [2.75, 3.05) is 25.6 Å². The lowest BCUT2D eigenvalue weighted by Gasteiger charge is -2.15. The molecule has 0 aliphatic rings. The standard InChI is InChI=1S/C30H29FN6O6S/c1-5-41-26-14-34-28-19(8-16(2)9-22(28)36-26)29-37-21-10-20(31)23(11-24(21)44-29)43-17(3)15-42-30(39)35-18-12-32-25(33-13-18)6-7-27(38)40-4/h8-14,17H,5-7,15H2,1-4H3,(H,35,39). The molecule has 5 rings (SSSR count). The molecule has 1 atom stereocenters. The van der Waals surface area contributed by atoms with E-state index in [2.05, 4.69) is 35.0 Å². The van der Waals surface area contributed by atoms with Crippen LogP contribution in [0, 0.1) is 12.7 Å². The Labute approximate surface area is 255 Å². The predicted molar refractivity (Wildman–Crippen MR) is 161 cm³/mol. The fourth-order valence-electron chi connectivity index (χ4n) is 4.23. The highest BCUT2D eigenvalue weighted by Gasteiger charge is 2.18. The van der Waals surface area contributed by atoms with Crippen molar-refractivity contribution >= 4 is 50.3 Å². The van der Waals surface area contributed by atoms with E-state index in [4.69, 9.17) is 14.2 Å². The number of nitrogens with zero attached hydrogens (tertiary/aromatic N) is 5. The first-order valence-electron chi connectivity index (χ1n) is 13.7. The first kappa shape index (κ1) is 30.5. The van der Waals surface area contributed by atoms with E-state index in [-0.39, 0.29) is 24.7 Å². The number of carbonyl (C=O) groups excluding carboxylic acids is 2. The van der Waals surface area contributed by atoms with E-state index in [9.17, 15) is 9.59 Å². The third kappa shape index (κ3) is 7.32. The van der Waals surface area contributed by atoms with Gasteiger partial charge in [-0.3, -0.25) is 10.1 Å². The van der Waals surface area contributed by atoms with Crippen LogP contribution >= 0.6 is 11.3 Å². The van der Waals surface area contributed by atoms with Crippen molar-refractivity contribution in [1.82, 2.24) is 24.9 Å². The van der Waals surface area contributed by atoms with Gasteiger partial charge in [-0.25, -0.2) is 34.1 Å². The van der Waals surface area contributed by atoms with Crippen molar-refractivity contribution < 1.29 is 32.9 Å². The number of aromatic nitrogens is 5. The lowest BCUT2D eigenvalue weighted by Crippen LogP contribution is -2.24. The minimum Gasteiger partial charge on any atom is -0.484 e. The molecular weight excluding hydrogens is 591 g/mol. The number of thiazole rings is 1. The Bertz CT molecular complexity index is 1820. The highest BCUT2D eigenvalue weighted by atomic mass is 32.1. The lowest BCUT2D eigenvalue weighted by molar-refractivity contribution is -0.140. The van der Waals surface area contributed by atoms with Gasteiger partial charge >= 0.3 is 12.1 Å². The van der Waals surface area contributed by atoms with Crippen LogP contribution in [0.1, 0.15) is 31.7 Å². The largest absolute Gasteiger partial charge is 0.484 e. The fraction of sp³-hybridized carbons (Fsp3) is 0.300. The van der Waals surface area contributed by atoms with E-state index in [0.29, 0.717) is 56.7 Å². The number of amides is 1. The molecule has 0 aliphatic heterocycles. The zero-order chi connectivity index (χ0) is 31.2. The molecule has 14 heteroatoms. The summed E-state index contributed by atoms with van der Waals surface area (Å²) in [5.41, 5.74) is 3.89. The van der Waals surface area contributed by atoms with Crippen LogP contribution in [0.3, 0.4) is 0 Å². The normalized spacial score (nSPS) is 11.8. The summed E-state index contributed by atoms with van der Waals surface area (Å²) >= 11 is 1.38. The molecule has 0 spiro atoms. The van der Waals surface area contributed by atoms with Crippen LogP contribution in [-0.2, 0) is 20.7 Å². The third-order valence-electron chi connectivity index (χ3n) is 6.24. The summed E-state index contributed by atoms with van der Waals surface area (Å²) in [4.78, 5) is 45.5.